The molecule has 0 saturated carbocycles. The Morgan fingerprint density at radius 1 is 1.09 bits per heavy atom. The maximum absolute atomic E-state index is 12.2. The Bertz CT molecular complexity index is 629. The molecule has 0 atom stereocenters. The third kappa shape index (κ3) is 4.95. The van der Waals surface area contributed by atoms with E-state index in [1.54, 1.807) is 30.3 Å². The molecule has 0 aliphatic carbocycles. The smallest absolute Gasteiger partial charge is 0.260 e. The normalized spacial score (nSPS) is 10.2. The first-order valence-corrected chi connectivity index (χ1v) is 7.76. The molecule has 0 spiro atoms. The minimum atomic E-state index is -0.277. The molecule has 0 saturated heterocycles. The van der Waals surface area contributed by atoms with Gasteiger partial charge in [-0.1, -0.05) is 31.9 Å². The first kappa shape index (κ1) is 16.7. The summed E-state index contributed by atoms with van der Waals surface area (Å²) in [5.74, 6) is 1.35. The zero-order chi connectivity index (χ0) is 16.5. The molecule has 122 valence electrons. The number of unbranched alkanes of at least 4 members (excludes halogenated alkanes) is 2. The molecule has 0 bridgehead atoms. The molecule has 2 rings (SSSR count). The van der Waals surface area contributed by atoms with Crippen LogP contribution in [0.15, 0.2) is 36.4 Å². The summed E-state index contributed by atoms with van der Waals surface area (Å²) in [6.07, 6.45) is 3.47. The van der Waals surface area contributed by atoms with E-state index in [1.165, 1.54) is 20.0 Å². The summed E-state index contributed by atoms with van der Waals surface area (Å²) in [6.45, 7) is 3.04. The Morgan fingerprint density at radius 2 is 1.83 bits per heavy atom. The van der Waals surface area contributed by atoms with Crippen molar-refractivity contribution in [2.75, 3.05) is 24.3 Å². The number of amides is 1. The van der Waals surface area contributed by atoms with Gasteiger partial charge < -0.3 is 15.4 Å². The maximum Gasteiger partial charge on any atom is 0.260 e. The van der Waals surface area contributed by atoms with Crippen molar-refractivity contribution in [2.45, 2.75) is 26.2 Å². The predicted octanol–water partition coefficient (Wildman–Crippen LogP) is 3.34. The van der Waals surface area contributed by atoms with Crippen molar-refractivity contribution in [3.63, 3.8) is 0 Å². The van der Waals surface area contributed by atoms with Crippen molar-refractivity contribution in [1.82, 2.24) is 10.2 Å². The van der Waals surface area contributed by atoms with E-state index in [0.717, 1.165) is 13.0 Å². The van der Waals surface area contributed by atoms with Crippen LogP contribution in [0.4, 0.5) is 11.6 Å². The number of anilines is 2. The van der Waals surface area contributed by atoms with Gasteiger partial charge in [0.1, 0.15) is 11.6 Å². The average Bonchev–Trinajstić information content (AvgIpc) is 2.60. The zero-order valence-electron chi connectivity index (χ0n) is 13.5. The van der Waals surface area contributed by atoms with E-state index in [-0.39, 0.29) is 5.91 Å². The SMILES string of the molecule is CCCCCNc1ccc(NC(=O)c2ccccc2OC)nn1. The van der Waals surface area contributed by atoms with Crippen LogP contribution in [0.25, 0.3) is 0 Å². The Balaban J connectivity index is 1.94. The Morgan fingerprint density at radius 3 is 2.52 bits per heavy atom. The van der Waals surface area contributed by atoms with Gasteiger partial charge in [0.05, 0.1) is 12.7 Å². The highest BCUT2D eigenvalue weighted by Crippen LogP contribution is 2.18. The molecule has 1 aromatic carbocycles. The molecule has 0 unspecified atom stereocenters. The van der Waals surface area contributed by atoms with E-state index in [9.17, 15) is 4.79 Å². The van der Waals surface area contributed by atoms with E-state index in [4.69, 9.17) is 4.74 Å². The van der Waals surface area contributed by atoms with Crippen molar-refractivity contribution in [2.24, 2.45) is 0 Å². The number of benzene rings is 1. The molecular formula is C17H22N4O2. The van der Waals surface area contributed by atoms with Crippen LogP contribution in [0, 0.1) is 0 Å². The molecular weight excluding hydrogens is 292 g/mol. The Labute approximate surface area is 136 Å². The van der Waals surface area contributed by atoms with E-state index < -0.39 is 0 Å². The molecule has 1 aromatic heterocycles. The fourth-order valence-electron chi connectivity index (χ4n) is 2.10. The summed E-state index contributed by atoms with van der Waals surface area (Å²) in [6, 6.07) is 10.6. The van der Waals surface area contributed by atoms with Crippen LogP contribution in [0.3, 0.4) is 0 Å². The van der Waals surface area contributed by atoms with Crippen LogP contribution in [0.2, 0.25) is 0 Å². The lowest BCUT2D eigenvalue weighted by Crippen LogP contribution is -2.14. The van der Waals surface area contributed by atoms with Crippen LogP contribution >= 0.6 is 0 Å². The number of methoxy groups -OCH3 is 1. The highest BCUT2D eigenvalue weighted by Gasteiger charge is 2.12. The second-order valence-corrected chi connectivity index (χ2v) is 5.09. The van der Waals surface area contributed by atoms with Gasteiger partial charge in [-0.15, -0.1) is 10.2 Å². The topological polar surface area (TPSA) is 76.1 Å². The van der Waals surface area contributed by atoms with Gasteiger partial charge in [0, 0.05) is 6.54 Å². The molecule has 2 aromatic rings. The maximum atomic E-state index is 12.2. The minimum Gasteiger partial charge on any atom is -0.496 e. The van der Waals surface area contributed by atoms with Crippen molar-refractivity contribution < 1.29 is 9.53 Å². The second kappa shape index (κ2) is 8.73. The van der Waals surface area contributed by atoms with Crippen LogP contribution in [0.1, 0.15) is 36.5 Å². The largest absolute Gasteiger partial charge is 0.496 e. The average molecular weight is 314 g/mol. The quantitative estimate of drug-likeness (QED) is 0.731. The van der Waals surface area contributed by atoms with E-state index >= 15 is 0 Å². The minimum absolute atomic E-state index is 0.277. The Kier molecular flexibility index (Phi) is 6.35. The lowest BCUT2D eigenvalue weighted by atomic mass is 10.2. The lowest BCUT2D eigenvalue weighted by molar-refractivity contribution is 0.102. The van der Waals surface area contributed by atoms with Gasteiger partial charge in [-0.25, -0.2) is 0 Å². The van der Waals surface area contributed by atoms with Crippen molar-refractivity contribution in [3.8, 4) is 5.75 Å². The fourth-order valence-corrected chi connectivity index (χ4v) is 2.10. The summed E-state index contributed by atoms with van der Waals surface area (Å²) in [5.41, 5.74) is 0.457. The molecule has 0 aliphatic heterocycles. The number of rotatable bonds is 8. The standard InChI is InChI=1S/C17H22N4O2/c1-3-4-7-12-18-15-10-11-16(21-20-15)19-17(22)13-8-5-6-9-14(13)23-2/h5-6,8-11H,3-4,7,12H2,1-2H3,(H,18,20)(H,19,21,22). The van der Waals surface area contributed by atoms with Gasteiger partial charge in [0.15, 0.2) is 5.82 Å². The lowest BCUT2D eigenvalue weighted by Gasteiger charge is -2.09. The van der Waals surface area contributed by atoms with Crippen LogP contribution in [0.5, 0.6) is 5.75 Å². The van der Waals surface area contributed by atoms with Gasteiger partial charge in [-0.2, -0.15) is 0 Å². The van der Waals surface area contributed by atoms with E-state index in [0.29, 0.717) is 22.9 Å². The van der Waals surface area contributed by atoms with Crippen molar-refractivity contribution >= 4 is 17.5 Å². The molecule has 6 nitrogen and oxygen atoms in total. The number of hydrogen-bond acceptors (Lipinski definition) is 5. The third-order valence-corrected chi connectivity index (χ3v) is 3.34. The van der Waals surface area contributed by atoms with Crippen molar-refractivity contribution in [1.29, 1.82) is 0 Å². The number of nitrogens with one attached hydrogen (secondary N) is 2. The Hall–Kier alpha value is -2.63. The number of nitrogens with zero attached hydrogens (tertiary/aromatic N) is 2. The summed E-state index contributed by atoms with van der Waals surface area (Å²) >= 11 is 0. The van der Waals surface area contributed by atoms with Gasteiger partial charge in [-0.05, 0) is 30.7 Å². The summed E-state index contributed by atoms with van der Waals surface area (Å²) in [5, 5.41) is 14.0. The van der Waals surface area contributed by atoms with E-state index in [2.05, 4.69) is 27.8 Å². The van der Waals surface area contributed by atoms with E-state index in [1.807, 2.05) is 6.07 Å². The molecule has 2 N–H and O–H groups in total. The molecule has 23 heavy (non-hydrogen) atoms. The number of para-hydroxylation sites is 1. The summed E-state index contributed by atoms with van der Waals surface area (Å²) in [4.78, 5) is 12.2. The molecule has 6 heteroatoms. The number of carbonyl (C=O) groups excluding carboxylic acids is 1. The van der Waals surface area contributed by atoms with Crippen molar-refractivity contribution in [3.05, 3.63) is 42.0 Å². The monoisotopic (exact) mass is 314 g/mol. The second-order valence-electron chi connectivity index (χ2n) is 5.09. The van der Waals surface area contributed by atoms with Crippen LogP contribution < -0.4 is 15.4 Å². The molecule has 0 radical (unpaired) electrons. The number of hydrogen-bond donors (Lipinski definition) is 2. The van der Waals surface area contributed by atoms with Crippen LogP contribution in [-0.2, 0) is 0 Å². The van der Waals surface area contributed by atoms with Crippen LogP contribution in [-0.4, -0.2) is 29.8 Å². The summed E-state index contributed by atoms with van der Waals surface area (Å²) in [7, 11) is 1.53. The number of ether oxygens (including phenoxy) is 1. The molecule has 1 amide bonds. The highest BCUT2D eigenvalue weighted by atomic mass is 16.5. The third-order valence-electron chi connectivity index (χ3n) is 3.34. The zero-order valence-corrected chi connectivity index (χ0v) is 13.5. The van der Waals surface area contributed by atoms with Gasteiger partial charge in [0.2, 0.25) is 0 Å². The van der Waals surface area contributed by atoms with Gasteiger partial charge in [-0.3, -0.25) is 4.79 Å². The van der Waals surface area contributed by atoms with Gasteiger partial charge in [0.25, 0.3) is 5.91 Å². The number of carbonyl (C=O) groups is 1. The number of aromatic nitrogens is 2. The fraction of sp³-hybridized carbons (Fsp3) is 0.353. The first-order valence-electron chi connectivity index (χ1n) is 7.76. The highest BCUT2D eigenvalue weighted by molar-refractivity contribution is 6.05. The molecule has 0 fully saturated rings. The first-order chi connectivity index (χ1) is 11.2. The summed E-state index contributed by atoms with van der Waals surface area (Å²) < 4.78 is 5.18. The van der Waals surface area contributed by atoms with Gasteiger partial charge >= 0.3 is 0 Å². The molecule has 0 aliphatic rings. The molecule has 1 heterocycles. The predicted molar refractivity (Wildman–Crippen MR) is 91.0 cm³/mol.